The highest BCUT2D eigenvalue weighted by atomic mass is 28.3. The van der Waals surface area contributed by atoms with Crippen LogP contribution in [-0.2, 0) is 4.79 Å². The van der Waals surface area contributed by atoms with Crippen LogP contribution in [0.4, 0.5) is 13.2 Å². The van der Waals surface area contributed by atoms with E-state index in [0.717, 1.165) is 0 Å². The summed E-state index contributed by atoms with van der Waals surface area (Å²) in [5, 5.41) is 7.12. The Kier molecular flexibility index (Phi) is 7.70. The average Bonchev–Trinajstić information content (AvgIpc) is 2.38. The molecule has 2 nitrogen and oxygen atoms in total. The van der Waals surface area contributed by atoms with Gasteiger partial charge in [-0.05, 0) is 5.54 Å². The summed E-state index contributed by atoms with van der Waals surface area (Å²) in [4.78, 5) is 8.90. The van der Waals surface area contributed by atoms with Gasteiger partial charge in [0, 0.05) is 0 Å². The molecule has 1 rings (SSSR count). The molecule has 0 aromatic carbocycles. The molecule has 0 aliphatic carbocycles. The molecule has 1 heterocycles. The molecule has 0 amide bonds. The zero-order valence-electron chi connectivity index (χ0n) is 12.0. The Balaban J connectivity index is 0.000000399. The van der Waals surface area contributed by atoms with E-state index in [1.807, 2.05) is 0 Å². The second kappa shape index (κ2) is 7.92. The number of halogens is 3. The van der Waals surface area contributed by atoms with Crippen molar-refractivity contribution in [2.75, 3.05) is 0 Å². The molecule has 19 heavy (non-hydrogen) atoms. The van der Waals surface area contributed by atoms with Gasteiger partial charge in [-0.2, -0.15) is 13.2 Å². The Bertz CT molecular complexity index is 276. The normalized spacial score (nSPS) is 22.3. The number of hydrogen-bond donors (Lipinski definition) is 1. The fourth-order valence-corrected chi connectivity index (χ4v) is 8.60. The van der Waals surface area contributed by atoms with Crippen LogP contribution >= 0.6 is 0 Å². The summed E-state index contributed by atoms with van der Waals surface area (Å²) in [7, 11) is -0.760. The quantitative estimate of drug-likeness (QED) is 0.738. The Morgan fingerprint density at radius 3 is 1.95 bits per heavy atom. The fourth-order valence-electron chi connectivity index (χ4n) is 3.20. The van der Waals surface area contributed by atoms with Gasteiger partial charge in [0.05, 0.1) is 8.07 Å². The topological polar surface area (TPSA) is 37.3 Å². The van der Waals surface area contributed by atoms with Gasteiger partial charge in [-0.25, -0.2) is 4.79 Å². The van der Waals surface area contributed by atoms with E-state index in [-0.39, 0.29) is 0 Å². The van der Waals surface area contributed by atoms with Gasteiger partial charge in [-0.1, -0.05) is 64.6 Å². The maximum atomic E-state index is 10.6. The summed E-state index contributed by atoms with van der Waals surface area (Å²) in [6, 6.07) is 4.72. The van der Waals surface area contributed by atoms with Crippen LogP contribution in [0.25, 0.3) is 0 Å². The highest BCUT2D eigenvalue weighted by Gasteiger charge is 2.38. The van der Waals surface area contributed by atoms with Crippen LogP contribution in [0.15, 0.2) is 0 Å². The Morgan fingerprint density at radius 2 is 1.68 bits per heavy atom. The largest absolute Gasteiger partial charge is 0.490 e. The van der Waals surface area contributed by atoms with Gasteiger partial charge >= 0.3 is 12.1 Å². The first-order valence-corrected chi connectivity index (χ1v) is 9.73. The molecule has 1 saturated heterocycles. The Hall–Kier alpha value is -0.523. The molecule has 0 aromatic rings. The molecule has 6 heteroatoms. The average molecular weight is 298 g/mol. The highest BCUT2D eigenvalue weighted by Crippen LogP contribution is 2.44. The summed E-state index contributed by atoms with van der Waals surface area (Å²) >= 11 is 0. The summed E-state index contributed by atoms with van der Waals surface area (Å²) < 4.78 is 31.7. The summed E-state index contributed by atoms with van der Waals surface area (Å²) in [6.07, 6.45) is 1.01. The summed E-state index contributed by atoms with van der Waals surface area (Å²) in [5.41, 5.74) is 1.17. The fraction of sp³-hybridized carbons (Fsp3) is 0.923. The maximum Gasteiger partial charge on any atom is 0.490 e. The number of carbonyl (C=O) groups is 1. The lowest BCUT2D eigenvalue weighted by atomic mass is 10.1. The third kappa shape index (κ3) is 5.54. The van der Waals surface area contributed by atoms with E-state index in [2.05, 4.69) is 20.8 Å². The predicted molar refractivity (Wildman–Crippen MR) is 73.1 cm³/mol. The van der Waals surface area contributed by atoms with Crippen molar-refractivity contribution in [3.05, 3.63) is 0 Å². The van der Waals surface area contributed by atoms with E-state index in [1.165, 1.54) is 18.4 Å². The molecule has 1 atom stereocenters. The van der Waals surface area contributed by atoms with E-state index in [1.54, 1.807) is 31.0 Å². The Morgan fingerprint density at radius 1 is 1.21 bits per heavy atom. The van der Waals surface area contributed by atoms with Crippen molar-refractivity contribution in [1.82, 2.24) is 0 Å². The second-order valence-electron chi connectivity index (χ2n) is 5.22. The molecule has 114 valence electrons. The van der Waals surface area contributed by atoms with Crippen LogP contribution < -0.4 is 0 Å². The number of carboxylic acids is 1. The molecule has 0 aromatic heterocycles. The molecule has 1 N–H and O–H groups in total. The van der Waals surface area contributed by atoms with Gasteiger partial charge in [0.25, 0.3) is 0 Å². The van der Waals surface area contributed by atoms with Crippen molar-refractivity contribution in [3.8, 4) is 0 Å². The van der Waals surface area contributed by atoms with Crippen molar-refractivity contribution >= 4 is 14.0 Å². The lowest BCUT2D eigenvalue weighted by Crippen LogP contribution is -2.40. The van der Waals surface area contributed by atoms with Gasteiger partial charge in [-0.3, -0.25) is 0 Å². The minimum atomic E-state index is -5.08. The Labute approximate surface area is 114 Å². The minimum absolute atomic E-state index is 0.760. The number of aliphatic carboxylic acids is 1. The van der Waals surface area contributed by atoms with E-state index >= 15 is 0 Å². The van der Waals surface area contributed by atoms with Gasteiger partial charge in [0.2, 0.25) is 0 Å². The molecule has 0 bridgehead atoms. The predicted octanol–water partition coefficient (Wildman–Crippen LogP) is 5.07. The van der Waals surface area contributed by atoms with Crippen molar-refractivity contribution in [2.24, 2.45) is 0 Å². The molecule has 1 unspecified atom stereocenters. The van der Waals surface area contributed by atoms with Crippen LogP contribution in [0.2, 0.25) is 23.7 Å². The molecule has 0 spiro atoms. The molecule has 1 aliphatic rings. The van der Waals surface area contributed by atoms with Gasteiger partial charge in [0.15, 0.2) is 0 Å². The van der Waals surface area contributed by atoms with Crippen molar-refractivity contribution in [2.45, 2.75) is 76.3 Å². The zero-order valence-corrected chi connectivity index (χ0v) is 13.0. The lowest BCUT2D eigenvalue weighted by Gasteiger charge is -2.41. The monoisotopic (exact) mass is 298 g/mol. The first kappa shape index (κ1) is 18.5. The third-order valence-electron chi connectivity index (χ3n) is 4.49. The summed E-state index contributed by atoms with van der Waals surface area (Å²) in [6.45, 7) is 7.30. The molecular weight excluding hydrogens is 273 g/mol. The number of carboxylic acid groups (broad SMARTS) is 1. The molecule has 1 aliphatic heterocycles. The first-order valence-electron chi connectivity index (χ1n) is 7.03. The van der Waals surface area contributed by atoms with Crippen LogP contribution in [0, 0.1) is 0 Å². The van der Waals surface area contributed by atoms with Gasteiger partial charge < -0.3 is 5.11 Å². The standard InChI is InChI=1S/C11H24Si.C2HF3O2/c1-4-11-9-7-8-10-12(11,5-2)6-3;3-2(4,5)1(6)7/h11H,4-10H2,1-3H3;(H,6,7). The molecule has 1 fully saturated rings. The van der Waals surface area contributed by atoms with E-state index < -0.39 is 20.2 Å². The van der Waals surface area contributed by atoms with Crippen LogP contribution in [-0.4, -0.2) is 25.3 Å². The van der Waals surface area contributed by atoms with Crippen LogP contribution in [0.1, 0.15) is 46.5 Å². The molecule has 0 saturated carbocycles. The van der Waals surface area contributed by atoms with Gasteiger partial charge in [-0.15, -0.1) is 0 Å². The third-order valence-corrected chi connectivity index (χ3v) is 11.1. The second-order valence-corrected chi connectivity index (χ2v) is 10.7. The molecular formula is C13H25F3O2Si. The lowest BCUT2D eigenvalue weighted by molar-refractivity contribution is -0.192. The van der Waals surface area contributed by atoms with Crippen molar-refractivity contribution in [1.29, 1.82) is 0 Å². The van der Waals surface area contributed by atoms with Crippen LogP contribution in [0.3, 0.4) is 0 Å². The van der Waals surface area contributed by atoms with Crippen molar-refractivity contribution in [3.63, 3.8) is 0 Å². The summed E-state index contributed by atoms with van der Waals surface area (Å²) in [5.74, 6) is -2.76. The minimum Gasteiger partial charge on any atom is -0.475 e. The smallest absolute Gasteiger partial charge is 0.475 e. The van der Waals surface area contributed by atoms with E-state index in [9.17, 15) is 13.2 Å². The number of rotatable bonds is 3. The van der Waals surface area contributed by atoms with Crippen LogP contribution in [0.5, 0.6) is 0 Å². The molecule has 0 radical (unpaired) electrons. The van der Waals surface area contributed by atoms with Crippen molar-refractivity contribution < 1.29 is 23.1 Å². The number of hydrogen-bond acceptors (Lipinski definition) is 1. The zero-order chi connectivity index (χ0) is 15.1. The van der Waals surface area contributed by atoms with Gasteiger partial charge in [0.1, 0.15) is 0 Å². The maximum absolute atomic E-state index is 10.6. The van der Waals surface area contributed by atoms with E-state index in [4.69, 9.17) is 9.90 Å². The SMILES string of the molecule is CCC1CCCC[Si]1(CC)CC.O=C(O)C(F)(F)F. The first-order chi connectivity index (χ1) is 8.73. The van der Waals surface area contributed by atoms with E-state index in [0.29, 0.717) is 0 Å². The number of alkyl halides is 3. The highest BCUT2D eigenvalue weighted by molar-refractivity contribution is 6.81.